The summed E-state index contributed by atoms with van der Waals surface area (Å²) in [5.74, 6) is 0. The number of benzene rings is 1. The van der Waals surface area contributed by atoms with Crippen LogP contribution in [0.25, 0.3) is 11.0 Å². The first-order valence-electron chi connectivity index (χ1n) is 4.95. The predicted octanol–water partition coefficient (Wildman–Crippen LogP) is 1.09. The number of nitrogens with one attached hydrogen (secondary N) is 2. The van der Waals surface area contributed by atoms with Gasteiger partial charge in [0.1, 0.15) is 0 Å². The summed E-state index contributed by atoms with van der Waals surface area (Å²) in [6.45, 7) is 4.74. The molecule has 0 aliphatic rings. The van der Waals surface area contributed by atoms with E-state index >= 15 is 0 Å². The minimum atomic E-state index is -0.173. The molecule has 0 radical (unpaired) electrons. The van der Waals surface area contributed by atoms with Crippen molar-refractivity contribution in [2.45, 2.75) is 19.3 Å². The molecular weight excluding hydrogens is 190 g/mol. The maximum Gasteiger partial charge on any atom is 0.323 e. The summed E-state index contributed by atoms with van der Waals surface area (Å²) < 4.78 is 0. The van der Waals surface area contributed by atoms with Crippen molar-refractivity contribution in [1.29, 1.82) is 0 Å². The number of hydrogen-bond acceptors (Lipinski definition) is 2. The van der Waals surface area contributed by atoms with Crippen molar-refractivity contribution in [3.05, 3.63) is 34.2 Å². The highest BCUT2D eigenvalue weighted by Gasteiger charge is 2.18. The van der Waals surface area contributed by atoms with Gasteiger partial charge in [-0.1, -0.05) is 19.9 Å². The summed E-state index contributed by atoms with van der Waals surface area (Å²) >= 11 is 0. The molecule has 1 aromatic heterocycles. The summed E-state index contributed by atoms with van der Waals surface area (Å²) in [5, 5.41) is 0. The zero-order valence-corrected chi connectivity index (χ0v) is 8.92. The first kappa shape index (κ1) is 9.98. The van der Waals surface area contributed by atoms with E-state index in [1.807, 2.05) is 18.2 Å². The average molecular weight is 205 g/mol. The van der Waals surface area contributed by atoms with Crippen molar-refractivity contribution in [3.8, 4) is 0 Å². The Hall–Kier alpha value is -1.55. The van der Waals surface area contributed by atoms with Crippen LogP contribution in [0.4, 0.5) is 0 Å². The van der Waals surface area contributed by atoms with Crippen LogP contribution in [0.3, 0.4) is 0 Å². The predicted molar refractivity (Wildman–Crippen MR) is 61.0 cm³/mol. The fourth-order valence-electron chi connectivity index (χ4n) is 1.57. The maximum absolute atomic E-state index is 11.1. The molecule has 2 rings (SSSR count). The lowest BCUT2D eigenvalue weighted by Gasteiger charge is -2.22. The summed E-state index contributed by atoms with van der Waals surface area (Å²) in [7, 11) is 0. The van der Waals surface area contributed by atoms with Gasteiger partial charge in [0.25, 0.3) is 0 Å². The highest BCUT2D eigenvalue weighted by molar-refractivity contribution is 5.75. The number of imidazole rings is 1. The molecule has 1 aromatic carbocycles. The molecule has 0 unspecified atom stereocenters. The van der Waals surface area contributed by atoms with E-state index in [9.17, 15) is 4.79 Å². The van der Waals surface area contributed by atoms with Crippen LogP contribution in [0.1, 0.15) is 19.4 Å². The van der Waals surface area contributed by atoms with Crippen molar-refractivity contribution < 1.29 is 0 Å². The van der Waals surface area contributed by atoms with E-state index < -0.39 is 0 Å². The monoisotopic (exact) mass is 205 g/mol. The summed E-state index contributed by atoms with van der Waals surface area (Å²) in [6.07, 6.45) is 0. The molecule has 0 bridgehead atoms. The quantitative estimate of drug-likeness (QED) is 0.686. The third-order valence-electron chi connectivity index (χ3n) is 2.81. The summed E-state index contributed by atoms with van der Waals surface area (Å²) in [4.78, 5) is 16.5. The SMILES string of the molecule is CC(C)(CN)c1ccc2[nH]c(=O)[nH]c2c1. The molecule has 80 valence electrons. The van der Waals surface area contributed by atoms with Crippen LogP contribution in [0, 0.1) is 0 Å². The van der Waals surface area contributed by atoms with E-state index in [4.69, 9.17) is 5.73 Å². The van der Waals surface area contributed by atoms with E-state index in [-0.39, 0.29) is 11.1 Å². The van der Waals surface area contributed by atoms with Gasteiger partial charge in [0, 0.05) is 12.0 Å². The van der Waals surface area contributed by atoms with Crippen LogP contribution >= 0.6 is 0 Å². The summed E-state index contributed by atoms with van der Waals surface area (Å²) in [6, 6.07) is 5.87. The number of hydrogen-bond donors (Lipinski definition) is 3. The molecule has 1 heterocycles. The third-order valence-corrected chi connectivity index (χ3v) is 2.81. The Balaban J connectivity index is 2.60. The van der Waals surface area contributed by atoms with Crippen molar-refractivity contribution in [3.63, 3.8) is 0 Å². The van der Waals surface area contributed by atoms with E-state index in [2.05, 4.69) is 23.8 Å². The molecule has 0 atom stereocenters. The lowest BCUT2D eigenvalue weighted by Crippen LogP contribution is -2.27. The highest BCUT2D eigenvalue weighted by Crippen LogP contribution is 2.23. The molecule has 0 aliphatic heterocycles. The number of aromatic nitrogens is 2. The Kier molecular flexibility index (Phi) is 2.16. The van der Waals surface area contributed by atoms with Gasteiger partial charge in [0.15, 0.2) is 0 Å². The number of nitrogens with two attached hydrogens (primary N) is 1. The zero-order valence-electron chi connectivity index (χ0n) is 8.92. The fraction of sp³-hybridized carbons (Fsp3) is 0.364. The lowest BCUT2D eigenvalue weighted by molar-refractivity contribution is 0.539. The van der Waals surface area contributed by atoms with Crippen molar-refractivity contribution in [2.75, 3.05) is 6.54 Å². The molecule has 4 heteroatoms. The largest absolute Gasteiger partial charge is 0.330 e. The van der Waals surface area contributed by atoms with Crippen molar-refractivity contribution >= 4 is 11.0 Å². The van der Waals surface area contributed by atoms with Crippen LogP contribution in [-0.2, 0) is 5.41 Å². The Morgan fingerprint density at radius 2 is 1.93 bits per heavy atom. The molecule has 0 fully saturated rings. The van der Waals surface area contributed by atoms with Gasteiger partial charge in [0.2, 0.25) is 0 Å². The second-order valence-corrected chi connectivity index (χ2v) is 4.43. The van der Waals surface area contributed by atoms with Crippen LogP contribution in [0.5, 0.6) is 0 Å². The molecule has 0 saturated heterocycles. The molecule has 0 spiro atoms. The molecule has 0 saturated carbocycles. The minimum absolute atomic E-state index is 0.0671. The second kappa shape index (κ2) is 3.24. The van der Waals surface area contributed by atoms with E-state index in [1.165, 1.54) is 0 Å². The number of rotatable bonds is 2. The number of fused-ring (bicyclic) bond motifs is 1. The zero-order chi connectivity index (χ0) is 11.1. The number of H-pyrrole nitrogens is 2. The summed E-state index contributed by atoms with van der Waals surface area (Å²) in [5.41, 5.74) is 8.26. The van der Waals surface area contributed by atoms with Crippen LogP contribution in [0.15, 0.2) is 23.0 Å². The van der Waals surface area contributed by atoms with E-state index in [1.54, 1.807) is 0 Å². The standard InChI is InChI=1S/C11H15N3O/c1-11(2,6-12)7-3-4-8-9(5-7)14-10(15)13-8/h3-5H,6,12H2,1-2H3,(H2,13,14,15). The molecule has 4 nitrogen and oxygen atoms in total. The molecule has 0 amide bonds. The maximum atomic E-state index is 11.1. The van der Waals surface area contributed by atoms with Crippen LogP contribution < -0.4 is 11.4 Å². The lowest BCUT2D eigenvalue weighted by atomic mass is 9.85. The van der Waals surface area contributed by atoms with Crippen LogP contribution in [-0.4, -0.2) is 16.5 Å². The van der Waals surface area contributed by atoms with Crippen molar-refractivity contribution in [1.82, 2.24) is 9.97 Å². The van der Waals surface area contributed by atoms with Crippen molar-refractivity contribution in [2.24, 2.45) is 5.73 Å². The Bertz CT molecular complexity index is 536. The Morgan fingerprint density at radius 3 is 2.60 bits per heavy atom. The van der Waals surface area contributed by atoms with Crippen LogP contribution in [0.2, 0.25) is 0 Å². The topological polar surface area (TPSA) is 74.7 Å². The van der Waals surface area contributed by atoms with Gasteiger partial charge < -0.3 is 15.7 Å². The minimum Gasteiger partial charge on any atom is -0.330 e. The van der Waals surface area contributed by atoms with Gasteiger partial charge in [-0.05, 0) is 17.7 Å². The molecule has 4 N–H and O–H groups in total. The fourth-order valence-corrected chi connectivity index (χ4v) is 1.57. The van der Waals surface area contributed by atoms with E-state index in [0.29, 0.717) is 6.54 Å². The van der Waals surface area contributed by atoms with Gasteiger partial charge in [-0.25, -0.2) is 4.79 Å². The first-order chi connectivity index (χ1) is 7.03. The van der Waals surface area contributed by atoms with Gasteiger partial charge >= 0.3 is 5.69 Å². The second-order valence-electron chi connectivity index (χ2n) is 4.43. The van der Waals surface area contributed by atoms with Gasteiger partial charge in [-0.2, -0.15) is 0 Å². The smallest absolute Gasteiger partial charge is 0.323 e. The van der Waals surface area contributed by atoms with Gasteiger partial charge in [-0.15, -0.1) is 0 Å². The van der Waals surface area contributed by atoms with E-state index in [0.717, 1.165) is 16.6 Å². The average Bonchev–Trinajstić information content (AvgIpc) is 2.56. The highest BCUT2D eigenvalue weighted by atomic mass is 16.1. The van der Waals surface area contributed by atoms with Gasteiger partial charge in [-0.3, -0.25) is 0 Å². The molecule has 2 aromatic rings. The Morgan fingerprint density at radius 1 is 1.27 bits per heavy atom. The molecule has 0 aliphatic carbocycles. The third kappa shape index (κ3) is 1.68. The Labute approximate surface area is 87.5 Å². The van der Waals surface area contributed by atoms with Gasteiger partial charge in [0.05, 0.1) is 11.0 Å². The number of aromatic amines is 2. The molecule has 15 heavy (non-hydrogen) atoms. The normalized spacial score (nSPS) is 12.2. The first-order valence-corrected chi connectivity index (χ1v) is 4.95. The molecular formula is C11H15N3O.